The second-order valence-corrected chi connectivity index (χ2v) is 11.6. The van der Waals surface area contributed by atoms with Gasteiger partial charge in [0.05, 0.1) is 19.8 Å². The van der Waals surface area contributed by atoms with E-state index in [9.17, 15) is 27.2 Å². The van der Waals surface area contributed by atoms with Crippen molar-refractivity contribution in [3.8, 4) is 5.75 Å². The number of benzene rings is 1. The van der Waals surface area contributed by atoms with Crippen molar-refractivity contribution in [2.75, 3.05) is 46.0 Å². The molecule has 1 saturated carbocycles. The van der Waals surface area contributed by atoms with Crippen LogP contribution in [0.2, 0.25) is 0 Å². The molecular weight excluding hydrogens is 528 g/mol. The van der Waals surface area contributed by atoms with Crippen molar-refractivity contribution in [1.82, 2.24) is 9.80 Å². The number of amides is 2. The lowest BCUT2D eigenvalue weighted by Crippen LogP contribution is -2.53. The number of hydrogen-bond donors (Lipinski definition) is 0. The Kier molecular flexibility index (Phi) is 8.73. The molecule has 0 spiro atoms. The van der Waals surface area contributed by atoms with Gasteiger partial charge in [0.15, 0.2) is 11.6 Å². The van der Waals surface area contributed by atoms with E-state index < -0.39 is 23.3 Å². The fourth-order valence-electron chi connectivity index (χ4n) is 6.59. The standard InChI is InChI=1S/C30H38F4N2O4/c31-25-19-24(22-3-5-23(6-4-22)27(37)35-15-17-39-18-16-35)7-8-26(25)40-20-21-9-13-36(14-10-21)28(38)29(30(32,33)34)11-1-2-12-29/h3,7-8,19,21,23H,1-2,4-6,9-18,20H2. The zero-order valence-electron chi connectivity index (χ0n) is 22.8. The Morgan fingerprint density at radius 2 is 1.70 bits per heavy atom. The maximum absolute atomic E-state index is 14.9. The summed E-state index contributed by atoms with van der Waals surface area (Å²) in [6, 6.07) is 4.90. The lowest BCUT2D eigenvalue weighted by atomic mass is 9.82. The lowest BCUT2D eigenvalue weighted by molar-refractivity contribution is -0.226. The van der Waals surface area contributed by atoms with E-state index in [0.717, 1.165) is 17.6 Å². The number of alkyl halides is 3. The molecule has 1 unspecified atom stereocenters. The minimum absolute atomic E-state index is 0.0375. The second kappa shape index (κ2) is 12.1. The zero-order chi connectivity index (χ0) is 28.3. The number of carbonyl (C=O) groups excluding carboxylic acids is 2. The number of ether oxygens (including phenoxy) is 2. The topological polar surface area (TPSA) is 59.1 Å². The smallest absolute Gasteiger partial charge is 0.403 e. The van der Waals surface area contributed by atoms with Crippen LogP contribution in [0, 0.1) is 23.1 Å². The maximum atomic E-state index is 14.9. The third-order valence-electron chi connectivity index (χ3n) is 9.17. The van der Waals surface area contributed by atoms with Gasteiger partial charge < -0.3 is 19.3 Å². The predicted octanol–water partition coefficient (Wildman–Crippen LogP) is 5.61. The van der Waals surface area contributed by atoms with Crippen LogP contribution < -0.4 is 4.74 Å². The van der Waals surface area contributed by atoms with E-state index in [1.807, 2.05) is 17.0 Å². The van der Waals surface area contributed by atoms with Crippen LogP contribution in [0.15, 0.2) is 24.3 Å². The maximum Gasteiger partial charge on any atom is 0.403 e. The highest BCUT2D eigenvalue weighted by Crippen LogP contribution is 2.52. The highest BCUT2D eigenvalue weighted by atomic mass is 19.4. The van der Waals surface area contributed by atoms with Gasteiger partial charge in [0, 0.05) is 32.1 Å². The molecule has 220 valence electrons. The van der Waals surface area contributed by atoms with Crippen LogP contribution in [0.5, 0.6) is 5.75 Å². The van der Waals surface area contributed by atoms with E-state index in [4.69, 9.17) is 9.47 Å². The Balaban J connectivity index is 1.10. The molecule has 2 saturated heterocycles. The molecule has 2 aliphatic heterocycles. The molecule has 1 atom stereocenters. The van der Waals surface area contributed by atoms with Crippen LogP contribution in [-0.4, -0.2) is 73.8 Å². The SMILES string of the molecule is O=C(C1CC=C(c2ccc(OCC3CCN(C(=O)C4(C(F)(F)F)CCCC4)CC3)c(F)c2)CC1)N1CCOCC1. The van der Waals surface area contributed by atoms with E-state index in [2.05, 4.69) is 0 Å². The van der Waals surface area contributed by atoms with Gasteiger partial charge in [0.25, 0.3) is 0 Å². The van der Waals surface area contributed by atoms with E-state index >= 15 is 0 Å². The number of nitrogens with zero attached hydrogens (tertiary/aromatic N) is 2. The molecule has 0 bridgehead atoms. The van der Waals surface area contributed by atoms with Crippen LogP contribution in [0.3, 0.4) is 0 Å². The van der Waals surface area contributed by atoms with Crippen molar-refractivity contribution < 1.29 is 36.6 Å². The van der Waals surface area contributed by atoms with Crippen LogP contribution in [0.4, 0.5) is 17.6 Å². The molecule has 4 aliphatic rings. The van der Waals surface area contributed by atoms with Gasteiger partial charge in [-0.2, -0.15) is 13.2 Å². The van der Waals surface area contributed by atoms with Crippen molar-refractivity contribution in [3.05, 3.63) is 35.7 Å². The van der Waals surface area contributed by atoms with Crippen molar-refractivity contribution >= 4 is 17.4 Å². The van der Waals surface area contributed by atoms with Crippen molar-refractivity contribution in [2.45, 2.75) is 64.0 Å². The fourth-order valence-corrected chi connectivity index (χ4v) is 6.59. The van der Waals surface area contributed by atoms with Crippen molar-refractivity contribution in [2.24, 2.45) is 17.3 Å². The van der Waals surface area contributed by atoms with Gasteiger partial charge in [-0.1, -0.05) is 25.0 Å². The fraction of sp³-hybridized carbons (Fsp3) is 0.667. The van der Waals surface area contributed by atoms with E-state index in [1.165, 1.54) is 11.0 Å². The Morgan fingerprint density at radius 3 is 2.30 bits per heavy atom. The molecule has 0 radical (unpaired) electrons. The minimum Gasteiger partial charge on any atom is -0.490 e. The largest absolute Gasteiger partial charge is 0.490 e. The summed E-state index contributed by atoms with van der Waals surface area (Å²) in [5.41, 5.74) is -0.430. The molecule has 1 aromatic carbocycles. The average molecular weight is 567 g/mol. The number of halogens is 4. The second-order valence-electron chi connectivity index (χ2n) is 11.6. The van der Waals surface area contributed by atoms with Crippen LogP contribution in [-0.2, 0) is 14.3 Å². The Morgan fingerprint density at radius 1 is 1.00 bits per heavy atom. The molecule has 6 nitrogen and oxygen atoms in total. The summed E-state index contributed by atoms with van der Waals surface area (Å²) in [4.78, 5) is 28.9. The van der Waals surface area contributed by atoms with Crippen molar-refractivity contribution in [1.29, 1.82) is 0 Å². The molecule has 10 heteroatoms. The first-order valence-corrected chi connectivity index (χ1v) is 14.5. The predicted molar refractivity (Wildman–Crippen MR) is 141 cm³/mol. The summed E-state index contributed by atoms with van der Waals surface area (Å²) in [6.45, 7) is 3.19. The molecule has 2 amide bonds. The van der Waals surface area contributed by atoms with E-state index in [1.54, 1.807) is 6.07 Å². The molecule has 1 aromatic rings. The zero-order valence-corrected chi connectivity index (χ0v) is 22.8. The molecule has 3 fully saturated rings. The Hall–Kier alpha value is -2.62. The molecule has 40 heavy (non-hydrogen) atoms. The number of rotatable bonds is 6. The van der Waals surface area contributed by atoms with Gasteiger partial charge in [-0.3, -0.25) is 9.59 Å². The quantitative estimate of drug-likeness (QED) is 0.420. The molecule has 5 rings (SSSR count). The molecular formula is C30H38F4N2O4. The normalized spacial score (nSPS) is 24.1. The highest BCUT2D eigenvalue weighted by molar-refractivity contribution is 5.84. The van der Waals surface area contributed by atoms with Crippen LogP contribution in [0.1, 0.15) is 63.4 Å². The van der Waals surface area contributed by atoms with Gasteiger partial charge in [-0.05, 0) is 74.1 Å². The first-order valence-electron chi connectivity index (χ1n) is 14.5. The van der Waals surface area contributed by atoms with Gasteiger partial charge in [-0.25, -0.2) is 4.39 Å². The summed E-state index contributed by atoms with van der Waals surface area (Å²) in [6.07, 6.45) is 1.21. The van der Waals surface area contributed by atoms with Crippen LogP contribution >= 0.6 is 0 Å². The van der Waals surface area contributed by atoms with E-state index in [-0.39, 0.29) is 56.0 Å². The third-order valence-corrected chi connectivity index (χ3v) is 9.17. The molecule has 0 aromatic heterocycles. The van der Waals surface area contributed by atoms with Gasteiger partial charge in [-0.15, -0.1) is 0 Å². The number of piperidine rings is 1. The van der Waals surface area contributed by atoms with Crippen LogP contribution in [0.25, 0.3) is 5.57 Å². The Labute approximate surface area is 232 Å². The van der Waals surface area contributed by atoms with E-state index in [0.29, 0.717) is 64.8 Å². The number of carbonyl (C=O) groups is 2. The first kappa shape index (κ1) is 28.9. The molecule has 2 aliphatic carbocycles. The third kappa shape index (κ3) is 6.02. The summed E-state index contributed by atoms with van der Waals surface area (Å²) >= 11 is 0. The Bertz CT molecular complexity index is 1100. The first-order chi connectivity index (χ1) is 19.2. The van der Waals surface area contributed by atoms with Crippen molar-refractivity contribution in [3.63, 3.8) is 0 Å². The number of allylic oxidation sites excluding steroid dienone is 2. The monoisotopic (exact) mass is 566 g/mol. The number of hydrogen-bond acceptors (Lipinski definition) is 4. The summed E-state index contributed by atoms with van der Waals surface area (Å²) in [7, 11) is 0. The average Bonchev–Trinajstić information content (AvgIpc) is 3.49. The minimum atomic E-state index is -4.53. The molecule has 2 heterocycles. The molecule has 0 N–H and O–H groups in total. The summed E-state index contributed by atoms with van der Waals surface area (Å²) in [5, 5.41) is 0. The number of likely N-dealkylation sites (tertiary alicyclic amines) is 1. The van der Waals surface area contributed by atoms with Gasteiger partial charge >= 0.3 is 6.18 Å². The summed E-state index contributed by atoms with van der Waals surface area (Å²) < 4.78 is 67.4. The lowest BCUT2D eigenvalue weighted by Gasteiger charge is -2.39. The van der Waals surface area contributed by atoms with Gasteiger partial charge in [0.1, 0.15) is 5.41 Å². The highest BCUT2D eigenvalue weighted by Gasteiger charge is 2.62. The summed E-state index contributed by atoms with van der Waals surface area (Å²) in [5.74, 6) is -0.954. The van der Waals surface area contributed by atoms with Gasteiger partial charge in [0.2, 0.25) is 11.8 Å². The number of morpholine rings is 1.